The molecule has 144 valence electrons. The zero-order valence-electron chi connectivity index (χ0n) is 15.6. The quantitative estimate of drug-likeness (QED) is 0.596. The molecule has 0 saturated heterocycles. The monoisotopic (exact) mass is 395 g/mol. The summed E-state index contributed by atoms with van der Waals surface area (Å²) in [6.07, 6.45) is 2.34. The maximum atomic E-state index is 12.4. The summed E-state index contributed by atoms with van der Waals surface area (Å²) in [5, 5.41) is 6.86. The molecule has 0 radical (unpaired) electrons. The van der Waals surface area contributed by atoms with E-state index in [2.05, 4.69) is 15.6 Å². The van der Waals surface area contributed by atoms with Crippen LogP contribution in [-0.2, 0) is 13.0 Å². The fourth-order valence-corrected chi connectivity index (χ4v) is 3.03. The van der Waals surface area contributed by atoms with Crippen LogP contribution in [0.1, 0.15) is 21.5 Å². The molecule has 0 aliphatic rings. The van der Waals surface area contributed by atoms with Gasteiger partial charge in [0, 0.05) is 35.4 Å². The van der Waals surface area contributed by atoms with Crippen LogP contribution in [0.4, 0.5) is 5.82 Å². The number of para-hydroxylation sites is 1. The summed E-state index contributed by atoms with van der Waals surface area (Å²) in [4.78, 5) is 16.7. The Balaban J connectivity index is 1.55. The van der Waals surface area contributed by atoms with Crippen LogP contribution in [-0.4, -0.2) is 24.5 Å². The number of hydrogen-bond acceptors (Lipinski definition) is 4. The maximum Gasteiger partial charge on any atom is 0.251 e. The van der Waals surface area contributed by atoms with Crippen LogP contribution in [0.25, 0.3) is 0 Å². The molecule has 1 aromatic heterocycles. The van der Waals surface area contributed by atoms with Crippen molar-refractivity contribution in [1.29, 1.82) is 0 Å². The van der Waals surface area contributed by atoms with Gasteiger partial charge in [0.15, 0.2) is 0 Å². The zero-order chi connectivity index (χ0) is 19.8. The van der Waals surface area contributed by atoms with E-state index in [9.17, 15) is 4.79 Å². The standard InChI is InChI=1S/C22H22ClN3O2/c1-28-20-8-3-2-6-18(20)15-26-21-14-17(10-12-24-21)22(27)25-11-9-16-5-4-7-19(23)13-16/h2-8,10,12-14H,9,11,15H2,1H3,(H,24,26)(H,25,27). The van der Waals surface area contributed by atoms with Crippen molar-refractivity contribution in [1.82, 2.24) is 10.3 Å². The van der Waals surface area contributed by atoms with Gasteiger partial charge in [-0.15, -0.1) is 0 Å². The van der Waals surface area contributed by atoms with Gasteiger partial charge < -0.3 is 15.4 Å². The highest BCUT2D eigenvalue weighted by Gasteiger charge is 2.08. The minimum Gasteiger partial charge on any atom is -0.496 e. The molecule has 5 nitrogen and oxygen atoms in total. The van der Waals surface area contributed by atoms with E-state index in [1.165, 1.54) is 0 Å². The van der Waals surface area contributed by atoms with E-state index >= 15 is 0 Å². The molecule has 2 N–H and O–H groups in total. The number of aromatic nitrogens is 1. The fourth-order valence-electron chi connectivity index (χ4n) is 2.82. The largest absolute Gasteiger partial charge is 0.496 e. The van der Waals surface area contributed by atoms with Crippen LogP contribution < -0.4 is 15.4 Å². The van der Waals surface area contributed by atoms with Crippen LogP contribution in [0.15, 0.2) is 66.9 Å². The van der Waals surface area contributed by atoms with E-state index < -0.39 is 0 Å². The summed E-state index contributed by atoms with van der Waals surface area (Å²) in [5.41, 5.74) is 2.66. The highest BCUT2D eigenvalue weighted by molar-refractivity contribution is 6.30. The Bertz CT molecular complexity index is 946. The van der Waals surface area contributed by atoms with E-state index in [0.29, 0.717) is 29.5 Å². The predicted molar refractivity (Wildman–Crippen MR) is 112 cm³/mol. The molecule has 0 fully saturated rings. The number of amides is 1. The van der Waals surface area contributed by atoms with Crippen molar-refractivity contribution in [2.75, 3.05) is 19.0 Å². The number of halogens is 1. The first kappa shape index (κ1) is 19.7. The lowest BCUT2D eigenvalue weighted by molar-refractivity contribution is 0.0954. The Morgan fingerprint density at radius 3 is 2.79 bits per heavy atom. The first-order chi connectivity index (χ1) is 13.7. The third kappa shape index (κ3) is 5.47. The number of rotatable bonds is 8. The number of pyridine rings is 1. The first-order valence-corrected chi connectivity index (χ1v) is 9.38. The molecule has 3 rings (SSSR count). The highest BCUT2D eigenvalue weighted by Crippen LogP contribution is 2.18. The lowest BCUT2D eigenvalue weighted by Crippen LogP contribution is -2.25. The second kappa shape index (κ2) is 9.76. The molecule has 0 atom stereocenters. The number of hydrogen-bond donors (Lipinski definition) is 2. The third-order valence-electron chi connectivity index (χ3n) is 4.26. The Morgan fingerprint density at radius 1 is 1.11 bits per heavy atom. The van der Waals surface area contributed by atoms with Gasteiger partial charge in [0.2, 0.25) is 0 Å². The second-order valence-corrected chi connectivity index (χ2v) is 6.67. The number of ether oxygens (including phenoxy) is 1. The lowest BCUT2D eigenvalue weighted by Gasteiger charge is -2.11. The second-order valence-electron chi connectivity index (χ2n) is 6.23. The van der Waals surface area contributed by atoms with Crippen molar-refractivity contribution in [3.63, 3.8) is 0 Å². The molecule has 0 bridgehead atoms. The molecule has 2 aromatic carbocycles. The van der Waals surface area contributed by atoms with Gasteiger partial charge in [0.25, 0.3) is 5.91 Å². The van der Waals surface area contributed by atoms with Gasteiger partial charge in [-0.3, -0.25) is 4.79 Å². The molecule has 6 heteroatoms. The van der Waals surface area contributed by atoms with Crippen molar-refractivity contribution in [3.8, 4) is 5.75 Å². The third-order valence-corrected chi connectivity index (χ3v) is 4.50. The van der Waals surface area contributed by atoms with Crippen molar-refractivity contribution >= 4 is 23.3 Å². The van der Waals surface area contributed by atoms with Crippen LogP contribution in [0.3, 0.4) is 0 Å². The molecule has 3 aromatic rings. The Kier molecular flexibility index (Phi) is 6.87. The van der Waals surface area contributed by atoms with E-state index in [4.69, 9.17) is 16.3 Å². The number of methoxy groups -OCH3 is 1. The smallest absolute Gasteiger partial charge is 0.251 e. The van der Waals surface area contributed by atoms with E-state index in [1.807, 2.05) is 48.5 Å². The number of nitrogens with zero attached hydrogens (tertiary/aromatic N) is 1. The van der Waals surface area contributed by atoms with Gasteiger partial charge in [-0.25, -0.2) is 4.98 Å². The number of anilines is 1. The van der Waals surface area contributed by atoms with Gasteiger partial charge in [-0.05, 0) is 42.3 Å². The van der Waals surface area contributed by atoms with Gasteiger partial charge >= 0.3 is 0 Å². The molecule has 1 heterocycles. The summed E-state index contributed by atoms with van der Waals surface area (Å²) < 4.78 is 5.35. The topological polar surface area (TPSA) is 63.2 Å². The van der Waals surface area contributed by atoms with Crippen molar-refractivity contribution in [3.05, 3.63) is 88.6 Å². The average molecular weight is 396 g/mol. The summed E-state index contributed by atoms with van der Waals surface area (Å²) in [6.45, 7) is 1.09. The molecule has 28 heavy (non-hydrogen) atoms. The number of nitrogens with one attached hydrogen (secondary N) is 2. The first-order valence-electron chi connectivity index (χ1n) is 9.00. The maximum absolute atomic E-state index is 12.4. The van der Waals surface area contributed by atoms with Gasteiger partial charge in [-0.1, -0.05) is 41.9 Å². The van der Waals surface area contributed by atoms with Crippen molar-refractivity contribution in [2.45, 2.75) is 13.0 Å². The molecule has 0 unspecified atom stereocenters. The van der Waals surface area contributed by atoms with Crippen molar-refractivity contribution in [2.24, 2.45) is 0 Å². The molecule has 0 saturated carbocycles. The fraction of sp³-hybridized carbons (Fsp3) is 0.182. The van der Waals surface area contributed by atoms with Gasteiger partial charge in [0.05, 0.1) is 7.11 Å². The SMILES string of the molecule is COc1ccccc1CNc1cc(C(=O)NCCc2cccc(Cl)c2)ccn1. The Morgan fingerprint density at radius 2 is 1.96 bits per heavy atom. The number of carbonyl (C=O) groups is 1. The summed E-state index contributed by atoms with van der Waals surface area (Å²) in [7, 11) is 1.64. The van der Waals surface area contributed by atoms with Crippen LogP contribution in [0.2, 0.25) is 5.02 Å². The van der Waals surface area contributed by atoms with Crippen LogP contribution >= 0.6 is 11.6 Å². The lowest BCUT2D eigenvalue weighted by atomic mass is 10.1. The summed E-state index contributed by atoms with van der Waals surface area (Å²) >= 11 is 5.98. The van der Waals surface area contributed by atoms with Crippen LogP contribution in [0, 0.1) is 0 Å². The number of benzene rings is 2. The van der Waals surface area contributed by atoms with Crippen LogP contribution in [0.5, 0.6) is 5.75 Å². The molecular formula is C22H22ClN3O2. The highest BCUT2D eigenvalue weighted by atomic mass is 35.5. The minimum atomic E-state index is -0.134. The van der Waals surface area contributed by atoms with Gasteiger partial charge in [0.1, 0.15) is 11.6 Å². The van der Waals surface area contributed by atoms with E-state index in [0.717, 1.165) is 23.3 Å². The minimum absolute atomic E-state index is 0.134. The van der Waals surface area contributed by atoms with Gasteiger partial charge in [-0.2, -0.15) is 0 Å². The predicted octanol–water partition coefficient (Wildman–Crippen LogP) is 4.33. The summed E-state index contributed by atoms with van der Waals surface area (Å²) in [5.74, 6) is 1.31. The molecular weight excluding hydrogens is 374 g/mol. The molecule has 0 aliphatic carbocycles. The van der Waals surface area contributed by atoms with E-state index in [-0.39, 0.29) is 5.91 Å². The molecule has 1 amide bonds. The normalized spacial score (nSPS) is 10.4. The Hall–Kier alpha value is -3.05. The zero-order valence-corrected chi connectivity index (χ0v) is 16.4. The van der Waals surface area contributed by atoms with Crippen molar-refractivity contribution < 1.29 is 9.53 Å². The summed E-state index contributed by atoms with van der Waals surface area (Å²) in [6, 6.07) is 18.8. The molecule has 0 aliphatic heterocycles. The Labute approximate surface area is 169 Å². The molecule has 0 spiro atoms. The number of carbonyl (C=O) groups excluding carboxylic acids is 1. The average Bonchev–Trinajstić information content (AvgIpc) is 2.72. The van der Waals surface area contributed by atoms with E-state index in [1.54, 1.807) is 25.4 Å².